The lowest BCUT2D eigenvalue weighted by molar-refractivity contribution is -0.385. The Kier molecular flexibility index (Phi) is 5.56. The Morgan fingerprint density at radius 1 is 0.933 bits per heavy atom. The molecule has 3 aromatic rings. The maximum Gasteiger partial charge on any atom is 0.287 e. The highest BCUT2D eigenvalue weighted by atomic mass is 16.6. The molecule has 152 valence electrons. The minimum Gasteiger partial charge on any atom is -0.457 e. The van der Waals surface area contributed by atoms with Gasteiger partial charge in [0, 0.05) is 32.2 Å². The van der Waals surface area contributed by atoms with E-state index < -0.39 is 4.92 Å². The van der Waals surface area contributed by atoms with Gasteiger partial charge in [-0.1, -0.05) is 30.3 Å². The van der Waals surface area contributed by atoms with Gasteiger partial charge in [0.2, 0.25) is 0 Å². The van der Waals surface area contributed by atoms with Crippen LogP contribution in [0.25, 0.3) is 0 Å². The van der Waals surface area contributed by atoms with Gasteiger partial charge in [-0.15, -0.1) is 0 Å². The first kappa shape index (κ1) is 19.4. The first-order chi connectivity index (χ1) is 14.6. The van der Waals surface area contributed by atoms with Gasteiger partial charge < -0.3 is 14.5 Å². The molecule has 1 aliphatic heterocycles. The molecule has 1 amide bonds. The van der Waals surface area contributed by atoms with E-state index in [-0.39, 0.29) is 11.6 Å². The van der Waals surface area contributed by atoms with Crippen molar-refractivity contribution in [2.75, 3.05) is 31.1 Å². The number of pyridine rings is 1. The Morgan fingerprint density at radius 3 is 2.30 bits per heavy atom. The van der Waals surface area contributed by atoms with Gasteiger partial charge in [0.15, 0.2) is 0 Å². The summed E-state index contributed by atoms with van der Waals surface area (Å²) in [6.07, 6.45) is 1.25. The van der Waals surface area contributed by atoms with Crippen LogP contribution in [0.5, 0.6) is 11.5 Å². The SMILES string of the molecule is O=C(c1ccccc1Oc1ccccc1)N1CCN(c2ccc([N+](=O)[O-])cn2)CC1. The topological polar surface area (TPSA) is 88.8 Å². The Morgan fingerprint density at radius 2 is 1.63 bits per heavy atom. The number of nitrogens with zero attached hydrogens (tertiary/aromatic N) is 4. The molecule has 8 nitrogen and oxygen atoms in total. The smallest absolute Gasteiger partial charge is 0.287 e. The fourth-order valence-electron chi connectivity index (χ4n) is 3.33. The summed E-state index contributed by atoms with van der Waals surface area (Å²) in [7, 11) is 0. The van der Waals surface area contributed by atoms with Crippen molar-refractivity contribution < 1.29 is 14.5 Å². The Labute approximate surface area is 173 Å². The average molecular weight is 404 g/mol. The fourth-order valence-corrected chi connectivity index (χ4v) is 3.33. The van der Waals surface area contributed by atoms with Crippen molar-refractivity contribution in [2.45, 2.75) is 0 Å². The molecular weight excluding hydrogens is 384 g/mol. The fraction of sp³-hybridized carbons (Fsp3) is 0.182. The van der Waals surface area contributed by atoms with Crippen molar-refractivity contribution in [3.63, 3.8) is 0 Å². The molecule has 1 aliphatic rings. The molecule has 8 heteroatoms. The van der Waals surface area contributed by atoms with E-state index in [4.69, 9.17) is 4.74 Å². The number of para-hydroxylation sites is 2. The number of benzene rings is 2. The summed E-state index contributed by atoms with van der Waals surface area (Å²) in [6.45, 7) is 2.24. The molecule has 1 fully saturated rings. The van der Waals surface area contributed by atoms with Crippen LogP contribution in [-0.2, 0) is 0 Å². The number of anilines is 1. The number of amides is 1. The summed E-state index contributed by atoms with van der Waals surface area (Å²) < 4.78 is 5.92. The van der Waals surface area contributed by atoms with Gasteiger partial charge in [-0.25, -0.2) is 4.98 Å². The summed E-state index contributed by atoms with van der Waals surface area (Å²) in [5, 5.41) is 10.8. The molecule has 2 aromatic carbocycles. The van der Waals surface area contributed by atoms with Gasteiger partial charge >= 0.3 is 0 Å². The van der Waals surface area contributed by atoms with E-state index in [0.717, 1.165) is 0 Å². The highest BCUT2D eigenvalue weighted by Crippen LogP contribution is 2.27. The van der Waals surface area contributed by atoms with Crippen LogP contribution in [0.2, 0.25) is 0 Å². The van der Waals surface area contributed by atoms with Crippen molar-refractivity contribution in [1.82, 2.24) is 9.88 Å². The van der Waals surface area contributed by atoms with Crippen LogP contribution in [0.1, 0.15) is 10.4 Å². The van der Waals surface area contributed by atoms with Crippen molar-refractivity contribution in [1.29, 1.82) is 0 Å². The number of piperazine rings is 1. The van der Waals surface area contributed by atoms with Gasteiger partial charge in [0.1, 0.15) is 23.5 Å². The molecule has 0 bridgehead atoms. The molecule has 1 saturated heterocycles. The number of ether oxygens (including phenoxy) is 1. The van der Waals surface area contributed by atoms with Gasteiger partial charge in [-0.2, -0.15) is 0 Å². The molecule has 4 rings (SSSR count). The lowest BCUT2D eigenvalue weighted by Gasteiger charge is -2.35. The zero-order valence-electron chi connectivity index (χ0n) is 16.2. The Hall–Kier alpha value is -3.94. The van der Waals surface area contributed by atoms with E-state index >= 15 is 0 Å². The van der Waals surface area contributed by atoms with Crippen LogP contribution in [-0.4, -0.2) is 46.9 Å². The molecular formula is C22H20N4O4. The number of hydrogen-bond acceptors (Lipinski definition) is 6. The average Bonchev–Trinajstić information content (AvgIpc) is 2.80. The molecule has 0 N–H and O–H groups in total. The van der Waals surface area contributed by atoms with Gasteiger partial charge in [0.05, 0.1) is 10.5 Å². The number of nitro groups is 1. The monoisotopic (exact) mass is 404 g/mol. The molecule has 0 saturated carbocycles. The number of hydrogen-bond donors (Lipinski definition) is 0. The first-order valence-corrected chi connectivity index (χ1v) is 9.58. The highest BCUT2D eigenvalue weighted by molar-refractivity contribution is 5.97. The van der Waals surface area contributed by atoms with Crippen molar-refractivity contribution >= 4 is 17.4 Å². The summed E-state index contributed by atoms with van der Waals surface area (Å²) in [4.78, 5) is 31.4. The van der Waals surface area contributed by atoms with Crippen LogP contribution >= 0.6 is 0 Å². The van der Waals surface area contributed by atoms with Crippen molar-refractivity contribution in [2.24, 2.45) is 0 Å². The zero-order valence-corrected chi connectivity index (χ0v) is 16.2. The molecule has 30 heavy (non-hydrogen) atoms. The maximum absolute atomic E-state index is 13.1. The van der Waals surface area contributed by atoms with Crippen molar-refractivity contribution in [3.05, 3.63) is 88.6 Å². The van der Waals surface area contributed by atoms with E-state index in [1.165, 1.54) is 12.3 Å². The van der Waals surface area contributed by atoms with Gasteiger partial charge in [0.25, 0.3) is 11.6 Å². The predicted octanol–water partition coefficient (Wildman–Crippen LogP) is 3.74. The van der Waals surface area contributed by atoms with Crippen LogP contribution in [0.3, 0.4) is 0 Å². The Balaban J connectivity index is 1.43. The second kappa shape index (κ2) is 8.60. The summed E-state index contributed by atoms with van der Waals surface area (Å²) >= 11 is 0. The molecule has 0 atom stereocenters. The van der Waals surface area contributed by atoms with Crippen LogP contribution < -0.4 is 9.64 Å². The molecule has 0 spiro atoms. The maximum atomic E-state index is 13.1. The normalized spacial score (nSPS) is 13.7. The largest absolute Gasteiger partial charge is 0.457 e. The minimum absolute atomic E-state index is 0.0393. The molecule has 0 aliphatic carbocycles. The molecule has 0 unspecified atom stereocenters. The third-order valence-corrected chi connectivity index (χ3v) is 4.92. The molecule has 1 aromatic heterocycles. The predicted molar refractivity (Wildman–Crippen MR) is 112 cm³/mol. The summed E-state index contributed by atoms with van der Waals surface area (Å²) in [5.74, 6) is 1.78. The van der Waals surface area contributed by atoms with Gasteiger partial charge in [-0.05, 0) is 30.3 Å². The van der Waals surface area contributed by atoms with E-state index in [2.05, 4.69) is 4.98 Å². The quantitative estimate of drug-likeness (QED) is 0.475. The number of rotatable bonds is 5. The van der Waals surface area contributed by atoms with Crippen molar-refractivity contribution in [3.8, 4) is 11.5 Å². The van der Waals surface area contributed by atoms with E-state index in [0.29, 0.717) is 49.1 Å². The second-order valence-electron chi connectivity index (χ2n) is 6.82. The second-order valence-corrected chi connectivity index (χ2v) is 6.82. The summed E-state index contributed by atoms with van der Waals surface area (Å²) in [5.41, 5.74) is 0.478. The number of carbonyl (C=O) groups is 1. The third kappa shape index (κ3) is 4.22. The third-order valence-electron chi connectivity index (χ3n) is 4.92. The highest BCUT2D eigenvalue weighted by Gasteiger charge is 2.25. The van der Waals surface area contributed by atoms with E-state index in [1.54, 1.807) is 23.1 Å². The van der Waals surface area contributed by atoms with Crippen LogP contribution in [0, 0.1) is 10.1 Å². The molecule has 2 heterocycles. The van der Waals surface area contributed by atoms with Crippen LogP contribution in [0.15, 0.2) is 72.9 Å². The van der Waals surface area contributed by atoms with Crippen LogP contribution in [0.4, 0.5) is 11.5 Å². The van der Waals surface area contributed by atoms with E-state index in [9.17, 15) is 14.9 Å². The zero-order chi connectivity index (χ0) is 20.9. The molecule has 0 radical (unpaired) electrons. The van der Waals surface area contributed by atoms with E-state index in [1.807, 2.05) is 47.4 Å². The standard InChI is InChI=1S/C22H20N4O4/c27-22(19-8-4-5-9-20(19)30-18-6-2-1-3-7-18)25-14-12-24(13-15-25)21-11-10-17(16-23-21)26(28)29/h1-11,16H,12-15H2. The first-order valence-electron chi connectivity index (χ1n) is 9.58. The number of aromatic nitrogens is 1. The summed E-state index contributed by atoms with van der Waals surface area (Å²) in [6, 6.07) is 19.7. The Bertz CT molecular complexity index is 1030. The minimum atomic E-state index is -0.470. The lowest BCUT2D eigenvalue weighted by Crippen LogP contribution is -2.49. The number of carbonyl (C=O) groups excluding carboxylic acids is 1. The van der Waals surface area contributed by atoms with Gasteiger partial charge in [-0.3, -0.25) is 14.9 Å². The lowest BCUT2D eigenvalue weighted by atomic mass is 10.1.